The zero-order valence-corrected chi connectivity index (χ0v) is 13.7. The molecule has 3 atom stereocenters. The van der Waals surface area contributed by atoms with Gasteiger partial charge in [-0.05, 0) is 12.5 Å². The van der Waals surface area contributed by atoms with Gasteiger partial charge in [-0.3, -0.25) is 0 Å². The van der Waals surface area contributed by atoms with Gasteiger partial charge in [0.15, 0.2) is 0 Å². The molecule has 1 fully saturated rings. The second-order valence-electron chi connectivity index (χ2n) is 6.31. The molecule has 2 aliphatic rings. The molecule has 0 bridgehead atoms. The van der Waals surface area contributed by atoms with Crippen LogP contribution in [0.4, 0.5) is 0 Å². The highest BCUT2D eigenvalue weighted by atomic mass is 16.7. The minimum Gasteiger partial charge on any atom is -0.366 e. The predicted octanol–water partition coefficient (Wildman–Crippen LogP) is 3.07. The first-order valence-electron chi connectivity index (χ1n) is 8.00. The van der Waals surface area contributed by atoms with Crippen molar-refractivity contribution >= 4 is 5.71 Å². The first-order valence-corrected chi connectivity index (χ1v) is 8.00. The summed E-state index contributed by atoms with van der Waals surface area (Å²) in [5.74, 6) is 0.155. The summed E-state index contributed by atoms with van der Waals surface area (Å²) < 4.78 is 0. The maximum absolute atomic E-state index is 6.14. The van der Waals surface area contributed by atoms with Crippen molar-refractivity contribution in [2.24, 2.45) is 11.1 Å². The summed E-state index contributed by atoms with van der Waals surface area (Å²) >= 11 is 0. The zero-order valence-electron chi connectivity index (χ0n) is 13.7. The van der Waals surface area contributed by atoms with Crippen LogP contribution >= 0.6 is 0 Å². The largest absolute Gasteiger partial charge is 0.366 e. The topological polar surface area (TPSA) is 28.1 Å². The lowest BCUT2D eigenvalue weighted by Crippen LogP contribution is -2.46. The SMILES string of the molecule is C[C@H]1[C@H]2C(c3ccccc3)=NO[C@@]2(c2ccccc2)N(C)N1C. The van der Waals surface area contributed by atoms with Gasteiger partial charge in [-0.1, -0.05) is 65.8 Å². The maximum Gasteiger partial charge on any atom is 0.239 e. The van der Waals surface area contributed by atoms with E-state index in [-0.39, 0.29) is 5.92 Å². The van der Waals surface area contributed by atoms with Gasteiger partial charge in [0.1, 0.15) is 0 Å². The van der Waals surface area contributed by atoms with Crippen LogP contribution in [-0.2, 0) is 10.6 Å². The van der Waals surface area contributed by atoms with Gasteiger partial charge in [-0.15, -0.1) is 0 Å². The molecule has 0 radical (unpaired) electrons. The molecule has 0 amide bonds. The van der Waals surface area contributed by atoms with Crippen molar-refractivity contribution in [2.75, 3.05) is 14.1 Å². The van der Waals surface area contributed by atoms with Gasteiger partial charge >= 0.3 is 0 Å². The number of hydrazine groups is 1. The maximum atomic E-state index is 6.14. The monoisotopic (exact) mass is 307 g/mol. The van der Waals surface area contributed by atoms with Crippen LogP contribution in [0.3, 0.4) is 0 Å². The highest BCUT2D eigenvalue weighted by molar-refractivity contribution is 6.04. The van der Waals surface area contributed by atoms with Crippen molar-refractivity contribution in [2.45, 2.75) is 18.7 Å². The molecule has 118 valence electrons. The summed E-state index contributed by atoms with van der Waals surface area (Å²) in [6.07, 6.45) is 0. The number of nitrogens with zero attached hydrogens (tertiary/aromatic N) is 3. The molecule has 0 saturated carbocycles. The van der Waals surface area contributed by atoms with Gasteiger partial charge in [0.25, 0.3) is 0 Å². The van der Waals surface area contributed by atoms with Gasteiger partial charge in [0, 0.05) is 25.7 Å². The minimum absolute atomic E-state index is 0.155. The van der Waals surface area contributed by atoms with Crippen LogP contribution in [0.2, 0.25) is 0 Å². The van der Waals surface area contributed by atoms with Crippen molar-refractivity contribution in [3.8, 4) is 0 Å². The van der Waals surface area contributed by atoms with E-state index >= 15 is 0 Å². The van der Waals surface area contributed by atoms with Crippen molar-refractivity contribution in [1.29, 1.82) is 0 Å². The standard InChI is InChI=1S/C19H21N3O/c1-14-17-18(15-10-6-4-7-11-15)20-23-19(17,22(3)21(14)2)16-12-8-5-9-13-16/h4-14,17H,1-3H3/t14-,17-,19+/m0/s1. The van der Waals surface area contributed by atoms with Crippen molar-refractivity contribution < 1.29 is 4.84 Å². The van der Waals surface area contributed by atoms with E-state index in [1.807, 2.05) is 24.3 Å². The van der Waals surface area contributed by atoms with Crippen molar-refractivity contribution in [3.63, 3.8) is 0 Å². The Morgan fingerprint density at radius 2 is 1.57 bits per heavy atom. The molecule has 2 heterocycles. The highest BCUT2D eigenvalue weighted by Crippen LogP contribution is 2.51. The molecule has 4 heteroatoms. The molecule has 4 nitrogen and oxygen atoms in total. The molecule has 1 saturated heterocycles. The van der Waals surface area contributed by atoms with Crippen molar-refractivity contribution in [3.05, 3.63) is 71.8 Å². The van der Waals surface area contributed by atoms with Gasteiger partial charge in [0.05, 0.1) is 11.6 Å². The quantitative estimate of drug-likeness (QED) is 0.853. The van der Waals surface area contributed by atoms with Crippen LogP contribution in [-0.4, -0.2) is 35.9 Å². The Hall–Kier alpha value is -2.17. The molecule has 23 heavy (non-hydrogen) atoms. The fourth-order valence-corrected chi connectivity index (χ4v) is 3.89. The average molecular weight is 307 g/mol. The predicted molar refractivity (Wildman–Crippen MR) is 90.7 cm³/mol. The van der Waals surface area contributed by atoms with Crippen LogP contribution in [0.25, 0.3) is 0 Å². The van der Waals surface area contributed by atoms with Gasteiger partial charge < -0.3 is 4.84 Å². The van der Waals surface area contributed by atoms with E-state index in [0.29, 0.717) is 6.04 Å². The van der Waals surface area contributed by atoms with E-state index in [9.17, 15) is 0 Å². The Balaban J connectivity index is 1.86. The molecule has 0 unspecified atom stereocenters. The van der Waals surface area contributed by atoms with E-state index in [4.69, 9.17) is 4.84 Å². The number of hydrogen-bond acceptors (Lipinski definition) is 4. The van der Waals surface area contributed by atoms with E-state index in [1.165, 1.54) is 0 Å². The Morgan fingerprint density at radius 3 is 2.22 bits per heavy atom. The van der Waals surface area contributed by atoms with Crippen molar-refractivity contribution in [1.82, 2.24) is 10.0 Å². The molecule has 4 rings (SSSR count). The normalized spacial score (nSPS) is 30.8. The lowest BCUT2D eigenvalue weighted by Gasteiger charge is -2.35. The first-order chi connectivity index (χ1) is 11.2. The summed E-state index contributed by atoms with van der Waals surface area (Å²) in [5, 5.41) is 8.95. The summed E-state index contributed by atoms with van der Waals surface area (Å²) in [7, 11) is 4.19. The number of fused-ring (bicyclic) bond motifs is 1. The first kappa shape index (κ1) is 14.4. The third-order valence-corrected chi connectivity index (χ3v) is 5.28. The van der Waals surface area contributed by atoms with Crippen LogP contribution < -0.4 is 0 Å². The molecule has 0 aromatic heterocycles. The number of benzene rings is 2. The lowest BCUT2D eigenvalue weighted by atomic mass is 9.81. The van der Waals surface area contributed by atoms with E-state index in [1.54, 1.807) is 0 Å². The Labute approximate surface area is 136 Å². The van der Waals surface area contributed by atoms with E-state index in [2.05, 4.69) is 72.6 Å². The summed E-state index contributed by atoms with van der Waals surface area (Å²) in [6, 6.07) is 21.0. The fourth-order valence-electron chi connectivity index (χ4n) is 3.89. The summed E-state index contributed by atoms with van der Waals surface area (Å²) in [4.78, 5) is 6.14. The number of hydrogen-bond donors (Lipinski definition) is 0. The molecular weight excluding hydrogens is 286 g/mol. The van der Waals surface area contributed by atoms with Gasteiger partial charge in [-0.2, -0.15) is 5.01 Å². The highest BCUT2D eigenvalue weighted by Gasteiger charge is 2.62. The Morgan fingerprint density at radius 1 is 0.957 bits per heavy atom. The van der Waals surface area contributed by atoms with Crippen LogP contribution in [0, 0.1) is 5.92 Å². The van der Waals surface area contributed by atoms with Gasteiger partial charge in [0.2, 0.25) is 5.72 Å². The Kier molecular flexibility index (Phi) is 3.25. The number of rotatable bonds is 2. The summed E-state index contributed by atoms with van der Waals surface area (Å²) in [6.45, 7) is 2.24. The second kappa shape index (κ2) is 5.18. The van der Waals surface area contributed by atoms with E-state index < -0.39 is 5.72 Å². The Bertz CT molecular complexity index is 731. The van der Waals surface area contributed by atoms with Crippen LogP contribution in [0.5, 0.6) is 0 Å². The molecule has 0 N–H and O–H groups in total. The minimum atomic E-state index is -0.569. The zero-order chi connectivity index (χ0) is 16.0. The molecule has 2 aromatic rings. The fraction of sp³-hybridized carbons (Fsp3) is 0.316. The van der Waals surface area contributed by atoms with Gasteiger partial charge in [-0.25, -0.2) is 5.01 Å². The average Bonchev–Trinajstić information content (AvgIpc) is 3.09. The molecule has 2 aromatic carbocycles. The smallest absolute Gasteiger partial charge is 0.239 e. The molecule has 0 spiro atoms. The van der Waals surface area contributed by atoms with E-state index in [0.717, 1.165) is 16.8 Å². The third kappa shape index (κ3) is 1.89. The molecule has 2 aliphatic heterocycles. The summed E-state index contributed by atoms with van der Waals surface area (Å²) in [5.41, 5.74) is 2.73. The third-order valence-electron chi connectivity index (χ3n) is 5.28. The number of oxime groups is 1. The molecular formula is C19H21N3O. The molecule has 0 aliphatic carbocycles. The van der Waals surface area contributed by atoms with Crippen LogP contribution in [0.1, 0.15) is 18.1 Å². The lowest BCUT2D eigenvalue weighted by molar-refractivity contribution is -0.182. The van der Waals surface area contributed by atoms with Crippen LogP contribution in [0.15, 0.2) is 65.8 Å². The second-order valence-corrected chi connectivity index (χ2v) is 6.31.